The number of hydrogen-bond acceptors (Lipinski definition) is 6. The number of rotatable bonds is 6. The van der Waals surface area contributed by atoms with Gasteiger partial charge in [0.2, 0.25) is 5.91 Å². The first-order chi connectivity index (χ1) is 12.0. The minimum absolute atomic E-state index is 0.224. The lowest BCUT2D eigenvalue weighted by Crippen LogP contribution is -2.23. The van der Waals surface area contributed by atoms with Gasteiger partial charge >= 0.3 is 0 Å². The molecule has 8 heteroatoms. The number of hydrogen-bond donors (Lipinski definition) is 1. The molecule has 0 aliphatic rings. The average Bonchev–Trinajstić information content (AvgIpc) is 2.97. The van der Waals surface area contributed by atoms with Crippen molar-refractivity contribution in [2.24, 2.45) is 0 Å². The molecule has 0 aliphatic carbocycles. The summed E-state index contributed by atoms with van der Waals surface area (Å²) < 4.78 is 0.914. The average molecular weight is 372 g/mol. The van der Waals surface area contributed by atoms with Crippen LogP contribution in [0.25, 0.3) is 0 Å². The van der Waals surface area contributed by atoms with Gasteiger partial charge in [-0.15, -0.1) is 0 Å². The van der Waals surface area contributed by atoms with Crippen molar-refractivity contribution in [2.45, 2.75) is 11.1 Å². The Balaban J connectivity index is 2.07. The number of amides is 2. The van der Waals surface area contributed by atoms with Crippen LogP contribution in [0.2, 0.25) is 0 Å². The standard InChI is InChI=1S/C17H16N4O2S2/c1-4-14(22)21(3)13-7-5-12(6-8-13)15(23)20-17-19-11(2)16(25-17)24-10-9-18/h4-8H,1,10H2,2-3H3,(H,19,20,23). The third kappa shape index (κ3) is 4.68. The molecule has 2 amide bonds. The van der Waals surface area contributed by atoms with E-state index in [1.165, 1.54) is 34.1 Å². The molecule has 128 valence electrons. The fourth-order valence-electron chi connectivity index (χ4n) is 1.94. The number of aromatic nitrogens is 1. The Bertz CT molecular complexity index is 837. The van der Waals surface area contributed by atoms with Crippen molar-refractivity contribution in [3.05, 3.63) is 48.2 Å². The molecule has 1 aromatic heterocycles. The SMILES string of the molecule is C=CC(=O)N(C)c1ccc(C(=O)Nc2nc(C)c(SCC#N)s2)cc1. The molecule has 1 heterocycles. The lowest BCUT2D eigenvalue weighted by atomic mass is 10.2. The largest absolute Gasteiger partial charge is 0.312 e. The first-order valence-corrected chi connectivity index (χ1v) is 9.05. The molecule has 1 N–H and O–H groups in total. The summed E-state index contributed by atoms with van der Waals surface area (Å²) in [5.74, 6) is -0.165. The maximum Gasteiger partial charge on any atom is 0.257 e. The van der Waals surface area contributed by atoms with Gasteiger partial charge in [0, 0.05) is 18.3 Å². The Hall–Kier alpha value is -2.63. The topological polar surface area (TPSA) is 86.1 Å². The second-order valence-electron chi connectivity index (χ2n) is 4.94. The van der Waals surface area contributed by atoms with E-state index in [2.05, 4.69) is 22.9 Å². The van der Waals surface area contributed by atoms with E-state index in [0.717, 1.165) is 9.90 Å². The third-order valence-corrected chi connectivity index (χ3v) is 5.57. The molecule has 0 bridgehead atoms. The van der Waals surface area contributed by atoms with E-state index in [9.17, 15) is 9.59 Å². The van der Waals surface area contributed by atoms with Crippen molar-refractivity contribution in [3.8, 4) is 6.07 Å². The van der Waals surface area contributed by atoms with Crippen molar-refractivity contribution in [1.82, 2.24) is 4.98 Å². The summed E-state index contributed by atoms with van der Waals surface area (Å²) in [6.07, 6.45) is 1.23. The normalized spacial score (nSPS) is 9.96. The molecule has 0 radical (unpaired) electrons. The predicted molar refractivity (Wildman–Crippen MR) is 101 cm³/mol. The number of anilines is 2. The Kier molecular flexibility index (Phi) is 6.33. The highest BCUT2D eigenvalue weighted by Crippen LogP contribution is 2.32. The smallest absolute Gasteiger partial charge is 0.257 e. The summed E-state index contributed by atoms with van der Waals surface area (Å²) in [5, 5.41) is 11.9. The molecule has 0 fully saturated rings. The van der Waals surface area contributed by atoms with Crippen LogP contribution in [0.1, 0.15) is 16.1 Å². The number of likely N-dealkylation sites (N-methyl/N-ethyl adjacent to an activating group) is 1. The van der Waals surface area contributed by atoms with Crippen LogP contribution in [0.3, 0.4) is 0 Å². The minimum Gasteiger partial charge on any atom is -0.312 e. The van der Waals surface area contributed by atoms with E-state index in [0.29, 0.717) is 22.1 Å². The van der Waals surface area contributed by atoms with Crippen LogP contribution < -0.4 is 10.2 Å². The van der Waals surface area contributed by atoms with Gasteiger partial charge in [-0.3, -0.25) is 14.9 Å². The predicted octanol–water partition coefficient (Wildman–Crippen LogP) is 3.47. The molecular formula is C17H16N4O2S2. The fourth-order valence-corrected chi connectivity index (χ4v) is 3.73. The highest BCUT2D eigenvalue weighted by molar-refractivity contribution is 8.01. The van der Waals surface area contributed by atoms with Crippen LogP contribution in [0.15, 0.2) is 41.1 Å². The van der Waals surface area contributed by atoms with Gasteiger partial charge in [-0.05, 0) is 37.3 Å². The fraction of sp³-hybridized carbons (Fsp3) is 0.176. The van der Waals surface area contributed by atoms with E-state index in [1.807, 2.05) is 6.92 Å². The van der Waals surface area contributed by atoms with Crippen LogP contribution in [-0.4, -0.2) is 29.6 Å². The number of thioether (sulfide) groups is 1. The van der Waals surface area contributed by atoms with Crippen LogP contribution in [0, 0.1) is 18.3 Å². The Labute approximate surface area is 154 Å². The number of carbonyl (C=O) groups is 2. The zero-order valence-electron chi connectivity index (χ0n) is 13.8. The monoisotopic (exact) mass is 372 g/mol. The van der Waals surface area contributed by atoms with Gasteiger partial charge in [-0.25, -0.2) is 4.98 Å². The van der Waals surface area contributed by atoms with Crippen molar-refractivity contribution in [3.63, 3.8) is 0 Å². The quantitative estimate of drug-likeness (QED) is 0.620. The van der Waals surface area contributed by atoms with Crippen molar-refractivity contribution >= 4 is 45.7 Å². The maximum absolute atomic E-state index is 12.3. The molecule has 0 spiro atoms. The van der Waals surface area contributed by atoms with Gasteiger partial charge in [0.25, 0.3) is 5.91 Å². The van der Waals surface area contributed by atoms with Crippen LogP contribution >= 0.6 is 23.1 Å². The van der Waals surface area contributed by atoms with Gasteiger partial charge in [0.05, 0.1) is 21.7 Å². The van der Waals surface area contributed by atoms with Crippen molar-refractivity contribution < 1.29 is 9.59 Å². The molecule has 0 aliphatic heterocycles. The number of nitrogens with zero attached hydrogens (tertiary/aromatic N) is 3. The van der Waals surface area contributed by atoms with Gasteiger partial charge in [-0.1, -0.05) is 29.7 Å². The first kappa shape index (κ1) is 18.7. The number of aryl methyl sites for hydroxylation is 1. The van der Waals surface area contributed by atoms with Gasteiger partial charge < -0.3 is 4.90 Å². The van der Waals surface area contributed by atoms with Crippen LogP contribution in [0.5, 0.6) is 0 Å². The summed E-state index contributed by atoms with van der Waals surface area (Å²) in [7, 11) is 1.64. The molecule has 25 heavy (non-hydrogen) atoms. The zero-order chi connectivity index (χ0) is 18.4. The van der Waals surface area contributed by atoms with Gasteiger partial charge in [-0.2, -0.15) is 5.26 Å². The van der Waals surface area contributed by atoms with E-state index < -0.39 is 0 Å². The number of thiazole rings is 1. The highest BCUT2D eigenvalue weighted by atomic mass is 32.2. The minimum atomic E-state index is -0.283. The molecule has 0 atom stereocenters. The number of nitriles is 1. The van der Waals surface area contributed by atoms with E-state index >= 15 is 0 Å². The molecule has 6 nitrogen and oxygen atoms in total. The summed E-state index contributed by atoms with van der Waals surface area (Å²) in [5.41, 5.74) is 1.92. The second kappa shape index (κ2) is 8.46. The molecule has 2 rings (SSSR count). The lowest BCUT2D eigenvalue weighted by molar-refractivity contribution is -0.113. The van der Waals surface area contributed by atoms with Crippen molar-refractivity contribution in [1.29, 1.82) is 5.26 Å². The zero-order valence-corrected chi connectivity index (χ0v) is 15.4. The third-order valence-electron chi connectivity index (χ3n) is 3.26. The van der Waals surface area contributed by atoms with Crippen molar-refractivity contribution in [2.75, 3.05) is 23.0 Å². The molecular weight excluding hydrogens is 356 g/mol. The second-order valence-corrected chi connectivity index (χ2v) is 7.18. The maximum atomic E-state index is 12.3. The Morgan fingerprint density at radius 2 is 2.12 bits per heavy atom. The molecule has 0 saturated heterocycles. The lowest BCUT2D eigenvalue weighted by Gasteiger charge is -2.15. The van der Waals surface area contributed by atoms with E-state index in [1.54, 1.807) is 31.3 Å². The Morgan fingerprint density at radius 1 is 1.44 bits per heavy atom. The van der Waals surface area contributed by atoms with Gasteiger partial charge in [0.15, 0.2) is 5.13 Å². The number of benzene rings is 1. The van der Waals surface area contributed by atoms with Crippen LogP contribution in [-0.2, 0) is 4.79 Å². The summed E-state index contributed by atoms with van der Waals surface area (Å²) in [4.78, 5) is 29.6. The van der Waals surface area contributed by atoms with Crippen LogP contribution in [0.4, 0.5) is 10.8 Å². The highest BCUT2D eigenvalue weighted by Gasteiger charge is 2.13. The number of carbonyl (C=O) groups excluding carboxylic acids is 2. The molecule has 0 saturated carbocycles. The molecule has 1 aromatic carbocycles. The van der Waals surface area contributed by atoms with E-state index in [4.69, 9.17) is 5.26 Å². The Morgan fingerprint density at radius 3 is 2.72 bits per heavy atom. The summed E-state index contributed by atoms with van der Waals surface area (Å²) in [6.45, 7) is 5.29. The van der Waals surface area contributed by atoms with Gasteiger partial charge in [0.1, 0.15) is 0 Å². The summed E-state index contributed by atoms with van der Waals surface area (Å²) in [6, 6.07) is 8.73. The summed E-state index contributed by atoms with van der Waals surface area (Å²) >= 11 is 2.74. The molecule has 0 unspecified atom stereocenters. The van der Waals surface area contributed by atoms with E-state index in [-0.39, 0.29) is 11.8 Å². The first-order valence-electron chi connectivity index (χ1n) is 7.25. The number of nitrogens with one attached hydrogen (secondary N) is 1. The molecule has 2 aromatic rings.